The molecule has 0 aromatic rings. The Morgan fingerprint density at radius 1 is 1.07 bits per heavy atom. The van der Waals surface area contributed by atoms with Crippen LogP contribution in [0.1, 0.15) is 59.3 Å². The summed E-state index contributed by atoms with van der Waals surface area (Å²) in [5.41, 5.74) is -0.221. The third-order valence-corrected chi connectivity index (χ3v) is 12.3. The Bertz CT molecular complexity index is 1150. The van der Waals surface area contributed by atoms with Gasteiger partial charge in [0.25, 0.3) is 0 Å². The summed E-state index contributed by atoms with van der Waals surface area (Å²) >= 11 is 0. The van der Waals surface area contributed by atoms with E-state index < -0.39 is 65.1 Å². The largest absolute Gasteiger partial charge is 0.458 e. The number of esters is 1. The van der Waals surface area contributed by atoms with Crippen LogP contribution in [0.25, 0.3) is 0 Å². The van der Waals surface area contributed by atoms with E-state index in [1.165, 1.54) is 12.7 Å². The molecule has 2 saturated heterocycles. The first-order valence-electron chi connectivity index (χ1n) is 14.8. The maximum absolute atomic E-state index is 12.5. The Kier molecular flexibility index (Phi) is 6.06. The van der Waals surface area contributed by atoms with Crippen molar-refractivity contribution >= 4 is 5.97 Å². The molecule has 5 fully saturated rings. The summed E-state index contributed by atoms with van der Waals surface area (Å²) in [6.45, 7) is 6.11. The average molecular weight is 563 g/mol. The summed E-state index contributed by atoms with van der Waals surface area (Å²) in [7, 11) is 1.41. The summed E-state index contributed by atoms with van der Waals surface area (Å²) in [5, 5.41) is 46.5. The highest BCUT2D eigenvalue weighted by atomic mass is 16.8. The van der Waals surface area contributed by atoms with E-state index in [0.29, 0.717) is 25.7 Å². The molecule has 0 radical (unpaired) electrons. The van der Waals surface area contributed by atoms with E-state index in [2.05, 4.69) is 13.0 Å². The predicted octanol–water partition coefficient (Wildman–Crippen LogP) is 1.34. The number of aliphatic hydroxyl groups excluding tert-OH is 3. The van der Waals surface area contributed by atoms with E-state index in [1.54, 1.807) is 13.0 Å². The van der Waals surface area contributed by atoms with Gasteiger partial charge in [0, 0.05) is 18.6 Å². The van der Waals surface area contributed by atoms with Gasteiger partial charge in [-0.2, -0.15) is 0 Å². The minimum Gasteiger partial charge on any atom is -0.458 e. The normalized spacial score (nSPS) is 57.0. The molecule has 0 spiro atoms. The molecule has 0 amide bonds. The molecule has 7 aliphatic rings. The number of hydrogen-bond donors (Lipinski definition) is 4. The minimum absolute atomic E-state index is 0.0227. The number of aliphatic hydroxyl groups is 4. The second kappa shape index (κ2) is 8.83. The number of carbonyl (C=O) groups is 1. The Balaban J connectivity index is 1.23. The molecule has 14 atom stereocenters. The van der Waals surface area contributed by atoms with Crippen molar-refractivity contribution in [2.75, 3.05) is 13.7 Å². The maximum Gasteiger partial charge on any atom is 0.331 e. The summed E-state index contributed by atoms with van der Waals surface area (Å²) in [6.07, 6.45) is 1.40. The van der Waals surface area contributed by atoms with Crippen LogP contribution in [0, 0.1) is 28.6 Å². The van der Waals surface area contributed by atoms with Crippen LogP contribution < -0.4 is 0 Å². The third-order valence-electron chi connectivity index (χ3n) is 12.3. The van der Waals surface area contributed by atoms with Crippen LogP contribution in [-0.2, 0) is 28.5 Å². The van der Waals surface area contributed by atoms with Crippen molar-refractivity contribution in [3.63, 3.8) is 0 Å². The van der Waals surface area contributed by atoms with Crippen molar-refractivity contribution in [2.24, 2.45) is 28.6 Å². The zero-order valence-electron chi connectivity index (χ0n) is 23.6. The lowest BCUT2D eigenvalue weighted by Gasteiger charge is -2.63. The van der Waals surface area contributed by atoms with Gasteiger partial charge < -0.3 is 44.1 Å². The van der Waals surface area contributed by atoms with E-state index in [4.69, 9.17) is 23.7 Å². The van der Waals surface area contributed by atoms with Crippen molar-refractivity contribution in [1.82, 2.24) is 0 Å². The van der Waals surface area contributed by atoms with Crippen LogP contribution in [-0.4, -0.2) is 94.4 Å². The first-order valence-corrected chi connectivity index (χ1v) is 14.8. The van der Waals surface area contributed by atoms with Gasteiger partial charge in [0.2, 0.25) is 5.79 Å². The van der Waals surface area contributed by atoms with E-state index in [9.17, 15) is 25.2 Å². The maximum atomic E-state index is 12.5. The highest BCUT2D eigenvalue weighted by Gasteiger charge is 2.71. The molecule has 3 saturated carbocycles. The number of ether oxygens (including phenoxy) is 5. The standard InChI is InChI=1S/C30H42O10/c1-14-24(33)30(36-4)25(34)26(38-14)39-20-10-16-5-6-18-19(27(16,2)12-21(20)40-30)11-22(31)28(3)17(7-8-29(18,28)35)15-9-23(32)37-13-15/h9-10,14,17-22,24-26,31,33-35H,5-8,11-13H2,1-4H3. The molecule has 0 aromatic carbocycles. The van der Waals surface area contributed by atoms with E-state index >= 15 is 0 Å². The zero-order chi connectivity index (χ0) is 28.4. The SMILES string of the molecule is COC12OC3CC4(C)C(=CC3OC(OC(C)C1O)C2O)CCC1C4CC(O)C2(C)C(C3=CC(=O)OC3)CCC12O. The number of cyclic esters (lactones) is 1. The van der Waals surface area contributed by atoms with Crippen LogP contribution >= 0.6 is 0 Å². The van der Waals surface area contributed by atoms with Crippen LogP contribution in [0.2, 0.25) is 0 Å². The van der Waals surface area contributed by atoms with Gasteiger partial charge in [-0.1, -0.05) is 25.5 Å². The molecule has 4 aliphatic carbocycles. The van der Waals surface area contributed by atoms with E-state index in [-0.39, 0.29) is 30.3 Å². The number of methoxy groups -OCH3 is 1. The summed E-state index contributed by atoms with van der Waals surface area (Å²) in [4.78, 5) is 11.9. The molecule has 3 aliphatic heterocycles. The van der Waals surface area contributed by atoms with Crippen molar-refractivity contribution in [3.05, 3.63) is 23.3 Å². The minimum atomic E-state index is -1.70. The van der Waals surface area contributed by atoms with Gasteiger partial charge in [0.05, 0.1) is 23.9 Å². The topological polar surface area (TPSA) is 144 Å². The van der Waals surface area contributed by atoms with Crippen LogP contribution in [0.5, 0.6) is 0 Å². The lowest BCUT2D eigenvalue weighted by molar-refractivity contribution is -0.388. The van der Waals surface area contributed by atoms with E-state index in [0.717, 1.165) is 18.4 Å². The lowest BCUT2D eigenvalue weighted by Crippen LogP contribution is -2.68. The van der Waals surface area contributed by atoms with Crippen LogP contribution in [0.15, 0.2) is 23.3 Å². The van der Waals surface area contributed by atoms with Gasteiger partial charge in [-0.3, -0.25) is 0 Å². The number of fused-ring (bicyclic) bond motifs is 8. The average Bonchev–Trinajstić information content (AvgIpc) is 3.44. The number of allylic oxidation sites excluding steroid dienone is 1. The fourth-order valence-electron chi connectivity index (χ4n) is 10.1. The Morgan fingerprint density at radius 3 is 2.55 bits per heavy atom. The quantitative estimate of drug-likeness (QED) is 0.287. The van der Waals surface area contributed by atoms with Crippen molar-refractivity contribution in [3.8, 4) is 0 Å². The molecule has 4 N–H and O–H groups in total. The molecule has 222 valence electrons. The van der Waals surface area contributed by atoms with Crippen LogP contribution in [0.3, 0.4) is 0 Å². The molecule has 2 bridgehead atoms. The van der Waals surface area contributed by atoms with Crippen LogP contribution in [0.4, 0.5) is 0 Å². The molecule has 10 nitrogen and oxygen atoms in total. The molecular weight excluding hydrogens is 520 g/mol. The summed E-state index contributed by atoms with van der Waals surface area (Å²) in [6, 6.07) is 0. The molecule has 10 heteroatoms. The number of carbonyl (C=O) groups excluding carboxylic acids is 1. The third kappa shape index (κ3) is 3.30. The molecular formula is C30H42O10. The second-order valence-electron chi connectivity index (χ2n) is 13.7. The van der Waals surface area contributed by atoms with Gasteiger partial charge in [-0.25, -0.2) is 4.79 Å². The fraction of sp³-hybridized carbons (Fsp3) is 0.833. The molecule has 14 unspecified atom stereocenters. The number of rotatable bonds is 2. The zero-order valence-corrected chi connectivity index (χ0v) is 23.6. The van der Waals surface area contributed by atoms with Crippen molar-refractivity contribution in [2.45, 2.75) is 114 Å². The Hall–Kier alpha value is -1.37. The smallest absolute Gasteiger partial charge is 0.331 e. The Morgan fingerprint density at radius 2 is 1.85 bits per heavy atom. The van der Waals surface area contributed by atoms with Gasteiger partial charge in [0.1, 0.15) is 18.8 Å². The van der Waals surface area contributed by atoms with Gasteiger partial charge in [-0.05, 0) is 74.2 Å². The highest BCUT2D eigenvalue weighted by Crippen LogP contribution is 2.69. The fourth-order valence-corrected chi connectivity index (χ4v) is 10.1. The summed E-state index contributed by atoms with van der Waals surface area (Å²) < 4.78 is 29.5. The molecule has 0 aromatic heterocycles. The highest BCUT2D eigenvalue weighted by molar-refractivity contribution is 5.85. The number of hydrogen-bond acceptors (Lipinski definition) is 10. The monoisotopic (exact) mass is 562 g/mol. The predicted molar refractivity (Wildman–Crippen MR) is 138 cm³/mol. The van der Waals surface area contributed by atoms with Gasteiger partial charge >= 0.3 is 5.97 Å². The Labute approximate surface area is 234 Å². The van der Waals surface area contributed by atoms with E-state index in [1.807, 2.05) is 6.92 Å². The summed E-state index contributed by atoms with van der Waals surface area (Å²) in [5.74, 6) is -2.25. The first-order chi connectivity index (χ1) is 18.9. The molecule has 3 heterocycles. The second-order valence-corrected chi connectivity index (χ2v) is 13.7. The van der Waals surface area contributed by atoms with Crippen molar-refractivity contribution < 1.29 is 48.9 Å². The molecule has 7 rings (SSSR count). The molecule has 40 heavy (non-hydrogen) atoms. The van der Waals surface area contributed by atoms with Gasteiger partial charge in [-0.15, -0.1) is 0 Å². The first kappa shape index (κ1) is 27.5. The van der Waals surface area contributed by atoms with Crippen molar-refractivity contribution in [1.29, 1.82) is 0 Å². The lowest BCUT2D eigenvalue weighted by atomic mass is 9.44. The van der Waals surface area contributed by atoms with Gasteiger partial charge in [0.15, 0.2) is 12.4 Å².